The topological polar surface area (TPSA) is 67.4 Å². The Morgan fingerprint density at radius 1 is 1.40 bits per heavy atom. The summed E-state index contributed by atoms with van der Waals surface area (Å²) in [4.78, 5) is 0.324. The van der Waals surface area contributed by atoms with Crippen LogP contribution in [0.2, 0.25) is 0 Å². The Morgan fingerprint density at radius 2 is 2.25 bits per heavy atom. The van der Waals surface area contributed by atoms with Gasteiger partial charge in [0, 0.05) is 18.8 Å². The number of hydrogen-bond acceptors (Lipinski definition) is 4. The van der Waals surface area contributed by atoms with Crippen molar-refractivity contribution in [1.29, 1.82) is 0 Å². The van der Waals surface area contributed by atoms with Crippen molar-refractivity contribution in [2.75, 3.05) is 18.5 Å². The molecule has 3 rings (SSSR count). The minimum absolute atomic E-state index is 0.0690. The molecular weight excluding hydrogens is 276 g/mol. The highest BCUT2D eigenvalue weighted by atomic mass is 32.2. The predicted molar refractivity (Wildman–Crippen MR) is 77.4 cm³/mol. The van der Waals surface area contributed by atoms with Crippen LogP contribution in [0.3, 0.4) is 0 Å². The molecule has 0 aromatic heterocycles. The number of aryl methyl sites for hydroxylation is 1. The lowest BCUT2D eigenvalue weighted by Gasteiger charge is -2.20. The van der Waals surface area contributed by atoms with Gasteiger partial charge < -0.3 is 10.1 Å². The SMILES string of the molecule is CC1OCCC1NS(=O)(=O)c1ccc2c(c1)NCCC2. The molecular formula is C14H20N2O3S. The zero-order valence-electron chi connectivity index (χ0n) is 11.6. The Kier molecular flexibility index (Phi) is 3.70. The van der Waals surface area contributed by atoms with E-state index in [0.29, 0.717) is 11.5 Å². The van der Waals surface area contributed by atoms with Crippen LogP contribution in [0.1, 0.15) is 25.3 Å². The van der Waals surface area contributed by atoms with Gasteiger partial charge in [0.15, 0.2) is 0 Å². The molecule has 1 aromatic carbocycles. The summed E-state index contributed by atoms with van der Waals surface area (Å²) in [5, 5.41) is 3.26. The maximum atomic E-state index is 12.4. The van der Waals surface area contributed by atoms with Crippen molar-refractivity contribution in [2.24, 2.45) is 0 Å². The predicted octanol–water partition coefficient (Wildman–Crippen LogP) is 1.50. The van der Waals surface area contributed by atoms with Crippen LogP contribution < -0.4 is 10.0 Å². The fourth-order valence-electron chi connectivity index (χ4n) is 2.76. The normalized spacial score (nSPS) is 26.1. The third-order valence-electron chi connectivity index (χ3n) is 4.01. The van der Waals surface area contributed by atoms with E-state index in [-0.39, 0.29) is 12.1 Å². The van der Waals surface area contributed by atoms with Crippen LogP contribution >= 0.6 is 0 Å². The van der Waals surface area contributed by atoms with E-state index in [2.05, 4.69) is 10.0 Å². The van der Waals surface area contributed by atoms with Crippen molar-refractivity contribution in [1.82, 2.24) is 4.72 Å². The Morgan fingerprint density at radius 3 is 3.00 bits per heavy atom. The van der Waals surface area contributed by atoms with Crippen molar-refractivity contribution in [3.8, 4) is 0 Å². The Hall–Kier alpha value is -1.11. The summed E-state index contributed by atoms with van der Waals surface area (Å²) in [5.74, 6) is 0. The summed E-state index contributed by atoms with van der Waals surface area (Å²) in [6.45, 7) is 3.41. The molecule has 2 heterocycles. The lowest BCUT2D eigenvalue weighted by molar-refractivity contribution is 0.117. The molecule has 110 valence electrons. The summed E-state index contributed by atoms with van der Waals surface area (Å²) in [6, 6.07) is 5.19. The first-order chi connectivity index (χ1) is 9.56. The lowest BCUT2D eigenvalue weighted by Crippen LogP contribution is -2.39. The Balaban J connectivity index is 1.83. The van der Waals surface area contributed by atoms with Gasteiger partial charge in [0.25, 0.3) is 0 Å². The molecule has 2 unspecified atom stereocenters. The molecule has 0 saturated carbocycles. The fraction of sp³-hybridized carbons (Fsp3) is 0.571. The molecule has 0 amide bonds. The number of fused-ring (bicyclic) bond motifs is 1. The van der Waals surface area contributed by atoms with Gasteiger partial charge in [-0.3, -0.25) is 0 Å². The van der Waals surface area contributed by atoms with Crippen LogP contribution in [0.25, 0.3) is 0 Å². The number of sulfonamides is 1. The van der Waals surface area contributed by atoms with Gasteiger partial charge in [-0.25, -0.2) is 13.1 Å². The van der Waals surface area contributed by atoms with Crippen molar-refractivity contribution in [2.45, 2.75) is 43.2 Å². The molecule has 20 heavy (non-hydrogen) atoms. The van der Waals surface area contributed by atoms with Gasteiger partial charge in [-0.05, 0) is 43.9 Å². The van der Waals surface area contributed by atoms with Crippen LogP contribution in [-0.4, -0.2) is 33.7 Å². The number of nitrogens with one attached hydrogen (secondary N) is 2. The van der Waals surface area contributed by atoms with Gasteiger partial charge >= 0.3 is 0 Å². The molecule has 0 spiro atoms. The summed E-state index contributed by atoms with van der Waals surface area (Å²) < 4.78 is 33.0. The van der Waals surface area contributed by atoms with Gasteiger partial charge in [-0.1, -0.05) is 6.07 Å². The zero-order chi connectivity index (χ0) is 14.2. The number of anilines is 1. The highest BCUT2D eigenvalue weighted by molar-refractivity contribution is 7.89. The number of ether oxygens (including phenoxy) is 1. The molecule has 2 aliphatic rings. The van der Waals surface area contributed by atoms with Crippen LogP contribution in [0, 0.1) is 0 Å². The summed E-state index contributed by atoms with van der Waals surface area (Å²) in [7, 11) is -3.48. The molecule has 1 fully saturated rings. The minimum Gasteiger partial charge on any atom is -0.385 e. The van der Waals surface area contributed by atoms with Crippen LogP contribution in [0.4, 0.5) is 5.69 Å². The van der Waals surface area contributed by atoms with E-state index in [1.807, 2.05) is 13.0 Å². The molecule has 5 nitrogen and oxygen atoms in total. The number of rotatable bonds is 3. The largest absolute Gasteiger partial charge is 0.385 e. The smallest absolute Gasteiger partial charge is 0.240 e. The van der Waals surface area contributed by atoms with E-state index in [1.54, 1.807) is 12.1 Å². The quantitative estimate of drug-likeness (QED) is 0.887. The highest BCUT2D eigenvalue weighted by Gasteiger charge is 2.29. The third kappa shape index (κ3) is 2.68. The van der Waals surface area contributed by atoms with E-state index in [1.165, 1.54) is 5.56 Å². The monoisotopic (exact) mass is 296 g/mol. The van der Waals surface area contributed by atoms with E-state index in [0.717, 1.165) is 31.5 Å². The van der Waals surface area contributed by atoms with Crippen LogP contribution in [0.5, 0.6) is 0 Å². The van der Waals surface area contributed by atoms with E-state index in [9.17, 15) is 8.42 Å². The standard InChI is InChI=1S/C14H20N2O3S/c1-10-13(6-8-19-10)16-20(17,18)12-5-4-11-3-2-7-15-14(11)9-12/h4-5,9-10,13,15-16H,2-3,6-8H2,1H3. The Labute approximate surface area is 119 Å². The van der Waals surface area contributed by atoms with Crippen molar-refractivity contribution in [3.63, 3.8) is 0 Å². The maximum Gasteiger partial charge on any atom is 0.240 e. The van der Waals surface area contributed by atoms with Gasteiger partial charge in [-0.15, -0.1) is 0 Å². The molecule has 0 radical (unpaired) electrons. The second-order valence-corrected chi connectivity index (χ2v) is 7.16. The molecule has 1 saturated heterocycles. The Bertz CT molecular complexity index is 600. The average Bonchev–Trinajstić information content (AvgIpc) is 2.83. The van der Waals surface area contributed by atoms with E-state index < -0.39 is 10.0 Å². The lowest BCUT2D eigenvalue weighted by atomic mass is 10.0. The highest BCUT2D eigenvalue weighted by Crippen LogP contribution is 2.26. The third-order valence-corrected chi connectivity index (χ3v) is 5.50. The van der Waals surface area contributed by atoms with Crippen LogP contribution in [0.15, 0.2) is 23.1 Å². The zero-order valence-corrected chi connectivity index (χ0v) is 12.4. The summed E-state index contributed by atoms with van der Waals surface area (Å²) in [5.41, 5.74) is 2.13. The van der Waals surface area contributed by atoms with E-state index >= 15 is 0 Å². The van der Waals surface area contributed by atoms with Crippen molar-refractivity contribution in [3.05, 3.63) is 23.8 Å². The van der Waals surface area contributed by atoms with Gasteiger partial charge in [0.1, 0.15) is 0 Å². The first kappa shape index (κ1) is 13.9. The van der Waals surface area contributed by atoms with E-state index in [4.69, 9.17) is 4.74 Å². The molecule has 1 aromatic rings. The second-order valence-electron chi connectivity index (χ2n) is 5.44. The molecule has 2 atom stereocenters. The van der Waals surface area contributed by atoms with Crippen molar-refractivity contribution < 1.29 is 13.2 Å². The molecule has 2 N–H and O–H groups in total. The summed E-state index contributed by atoms with van der Waals surface area (Å²) in [6.07, 6.45) is 2.75. The molecule has 6 heteroatoms. The fourth-order valence-corrected chi connectivity index (χ4v) is 4.13. The minimum atomic E-state index is -3.48. The number of hydrogen-bond donors (Lipinski definition) is 2. The van der Waals surface area contributed by atoms with Gasteiger partial charge in [0.2, 0.25) is 10.0 Å². The molecule has 0 bridgehead atoms. The molecule has 0 aliphatic carbocycles. The second kappa shape index (κ2) is 5.35. The maximum absolute atomic E-state index is 12.4. The van der Waals surface area contributed by atoms with Crippen LogP contribution in [-0.2, 0) is 21.2 Å². The average molecular weight is 296 g/mol. The first-order valence-electron chi connectivity index (χ1n) is 7.07. The van der Waals surface area contributed by atoms with Gasteiger partial charge in [-0.2, -0.15) is 0 Å². The molecule has 2 aliphatic heterocycles. The first-order valence-corrected chi connectivity index (χ1v) is 8.55. The summed E-state index contributed by atoms with van der Waals surface area (Å²) >= 11 is 0. The van der Waals surface area contributed by atoms with Crippen molar-refractivity contribution >= 4 is 15.7 Å². The van der Waals surface area contributed by atoms with Gasteiger partial charge in [0.05, 0.1) is 17.0 Å². The number of benzene rings is 1.